The van der Waals surface area contributed by atoms with Gasteiger partial charge in [0.1, 0.15) is 17.2 Å². The molecule has 0 radical (unpaired) electrons. The van der Waals surface area contributed by atoms with E-state index in [4.69, 9.17) is 0 Å². The molecule has 1 N–H and O–H groups in total. The molecule has 22 heavy (non-hydrogen) atoms. The van der Waals surface area contributed by atoms with Crippen LogP contribution in [0.15, 0.2) is 17.3 Å². The number of phenols is 1. The van der Waals surface area contributed by atoms with Crippen LogP contribution in [0.2, 0.25) is 0 Å². The van der Waals surface area contributed by atoms with E-state index >= 15 is 0 Å². The summed E-state index contributed by atoms with van der Waals surface area (Å²) in [6.07, 6.45) is 5.70. The summed E-state index contributed by atoms with van der Waals surface area (Å²) in [7, 11) is 0. The van der Waals surface area contributed by atoms with Crippen molar-refractivity contribution in [3.05, 3.63) is 28.2 Å². The normalized spacial score (nSPS) is 36.4. The molecule has 4 unspecified atom stereocenters. The lowest BCUT2D eigenvalue weighted by Crippen LogP contribution is -2.42. The fraction of sp³-hybridized carbons (Fsp3) is 0.611. The molecule has 1 aromatic carbocycles. The number of carbonyl (C=O) groups is 1. The summed E-state index contributed by atoms with van der Waals surface area (Å²) in [6.45, 7) is 2.16. The van der Waals surface area contributed by atoms with Crippen LogP contribution >= 0.6 is 0 Å². The summed E-state index contributed by atoms with van der Waals surface area (Å²) in [5, 5.41) is 12.9. The number of rotatable bonds is 1. The Labute approximate surface area is 129 Å². The number of benzene rings is 1. The molecule has 3 aliphatic carbocycles. The van der Waals surface area contributed by atoms with Crippen molar-refractivity contribution in [1.82, 2.24) is 0 Å². The summed E-state index contributed by atoms with van der Waals surface area (Å²) in [5.41, 5.74) is 2.36. The lowest BCUT2D eigenvalue weighted by Gasteiger charge is -2.48. The van der Waals surface area contributed by atoms with Gasteiger partial charge in [-0.3, -0.25) is 4.79 Å². The van der Waals surface area contributed by atoms with Gasteiger partial charge in [-0.2, -0.15) is 0 Å². The van der Waals surface area contributed by atoms with Crippen LogP contribution in [0, 0.1) is 22.2 Å². The first-order valence-electron chi connectivity index (χ1n) is 8.27. The number of aryl methyl sites for hydroxylation is 1. The van der Waals surface area contributed by atoms with E-state index in [1.807, 2.05) is 0 Å². The number of ketones is 1. The van der Waals surface area contributed by atoms with Gasteiger partial charge in [0.05, 0.1) is 0 Å². The number of hydrogen-bond donors (Lipinski definition) is 1. The highest BCUT2D eigenvalue weighted by molar-refractivity contribution is 5.87. The molecule has 3 aliphatic rings. The van der Waals surface area contributed by atoms with Crippen LogP contribution in [0.5, 0.6) is 5.75 Å². The molecule has 0 spiro atoms. The highest BCUT2D eigenvalue weighted by Crippen LogP contribution is 2.60. The molecule has 4 atom stereocenters. The zero-order valence-corrected chi connectivity index (χ0v) is 12.8. The minimum atomic E-state index is -0.120. The van der Waals surface area contributed by atoms with Gasteiger partial charge in [-0.05, 0) is 78.3 Å². The molecule has 4 heteroatoms. The first-order chi connectivity index (χ1) is 10.5. The fourth-order valence-corrected chi connectivity index (χ4v) is 5.44. The maximum Gasteiger partial charge on any atom is 0.149 e. The molecular weight excluding hydrogens is 278 g/mol. The zero-order valence-electron chi connectivity index (χ0n) is 12.8. The van der Waals surface area contributed by atoms with Crippen molar-refractivity contribution in [2.45, 2.75) is 51.4 Å². The van der Waals surface area contributed by atoms with E-state index in [0.717, 1.165) is 44.1 Å². The van der Waals surface area contributed by atoms with E-state index in [9.17, 15) is 14.8 Å². The van der Waals surface area contributed by atoms with E-state index in [1.165, 1.54) is 5.56 Å². The second-order valence-corrected chi connectivity index (χ2v) is 7.46. The second kappa shape index (κ2) is 4.64. The van der Waals surface area contributed by atoms with Crippen LogP contribution in [0.4, 0.5) is 5.69 Å². The van der Waals surface area contributed by atoms with Crippen molar-refractivity contribution in [2.75, 3.05) is 0 Å². The van der Waals surface area contributed by atoms with Crippen molar-refractivity contribution in [3.63, 3.8) is 0 Å². The van der Waals surface area contributed by atoms with Crippen LogP contribution in [0.25, 0.3) is 0 Å². The van der Waals surface area contributed by atoms with Gasteiger partial charge in [0.25, 0.3) is 0 Å². The minimum Gasteiger partial charge on any atom is -0.506 e. The van der Waals surface area contributed by atoms with Crippen LogP contribution in [0.3, 0.4) is 0 Å². The van der Waals surface area contributed by atoms with Crippen molar-refractivity contribution >= 4 is 11.5 Å². The Kier molecular flexibility index (Phi) is 2.94. The molecule has 0 aliphatic heterocycles. The van der Waals surface area contributed by atoms with E-state index in [0.29, 0.717) is 23.5 Å². The summed E-state index contributed by atoms with van der Waals surface area (Å²) in [5.74, 6) is 1.87. The van der Waals surface area contributed by atoms with Gasteiger partial charge in [-0.25, -0.2) is 0 Å². The predicted octanol–water partition coefficient (Wildman–Crippen LogP) is 4.22. The standard InChI is InChI=1S/C18H21NO3/c1-18-7-6-11-12(14(18)4-5-17(18)21)3-2-10-8-15(19-22)16(20)9-13(10)11/h8-9,11-12,14,20H,2-7H2,1H3. The molecule has 1 aromatic rings. The van der Waals surface area contributed by atoms with Crippen LogP contribution in [-0.4, -0.2) is 10.9 Å². The molecule has 0 heterocycles. The number of phenolic OH excluding ortho intramolecular Hbond substituents is 1. The van der Waals surface area contributed by atoms with Crippen molar-refractivity contribution in [3.8, 4) is 5.75 Å². The average Bonchev–Trinajstić information content (AvgIpc) is 2.82. The minimum absolute atomic E-state index is 0.00904. The highest BCUT2D eigenvalue weighted by atomic mass is 16.3. The third-order valence-electron chi connectivity index (χ3n) is 6.63. The monoisotopic (exact) mass is 299 g/mol. The maximum absolute atomic E-state index is 12.3. The van der Waals surface area contributed by atoms with Gasteiger partial charge >= 0.3 is 0 Å². The van der Waals surface area contributed by atoms with Crippen molar-refractivity contribution < 1.29 is 9.90 Å². The molecule has 0 saturated heterocycles. The number of nitrogens with zero attached hydrogens (tertiary/aromatic N) is 1. The third kappa shape index (κ3) is 1.73. The Morgan fingerprint density at radius 3 is 2.82 bits per heavy atom. The molecule has 2 saturated carbocycles. The number of carbonyl (C=O) groups excluding carboxylic acids is 1. The van der Waals surface area contributed by atoms with Crippen LogP contribution in [0.1, 0.15) is 56.1 Å². The smallest absolute Gasteiger partial charge is 0.149 e. The molecule has 4 rings (SSSR count). The Balaban J connectivity index is 1.74. The lowest BCUT2D eigenvalue weighted by atomic mass is 9.55. The molecule has 0 aromatic heterocycles. The average molecular weight is 299 g/mol. The first kappa shape index (κ1) is 13.9. The number of Topliss-reactive ketones (excluding diaryl/α,β-unsaturated/α-hetero) is 1. The first-order valence-corrected chi connectivity index (χ1v) is 8.27. The largest absolute Gasteiger partial charge is 0.506 e. The van der Waals surface area contributed by atoms with Gasteiger partial charge in [0.2, 0.25) is 0 Å². The van der Waals surface area contributed by atoms with Gasteiger partial charge in [0.15, 0.2) is 0 Å². The van der Waals surface area contributed by atoms with Gasteiger partial charge < -0.3 is 5.11 Å². The topological polar surface area (TPSA) is 66.7 Å². The Hall–Kier alpha value is -1.71. The quantitative estimate of drug-likeness (QED) is 0.790. The summed E-state index contributed by atoms with van der Waals surface area (Å²) < 4.78 is 0. The molecule has 0 amide bonds. The maximum atomic E-state index is 12.3. The fourth-order valence-electron chi connectivity index (χ4n) is 5.44. The zero-order chi connectivity index (χ0) is 15.5. The van der Waals surface area contributed by atoms with E-state index in [2.05, 4.69) is 12.1 Å². The SMILES string of the molecule is CC12CCC3c4cc(O)c(N=O)cc4CCC3C1CCC2=O. The molecule has 116 valence electrons. The van der Waals surface area contributed by atoms with Crippen molar-refractivity contribution in [1.29, 1.82) is 0 Å². The Morgan fingerprint density at radius 1 is 1.23 bits per heavy atom. The van der Waals surface area contributed by atoms with Crippen LogP contribution in [-0.2, 0) is 11.2 Å². The molecular formula is C18H21NO3. The Morgan fingerprint density at radius 2 is 2.05 bits per heavy atom. The summed E-state index contributed by atoms with van der Waals surface area (Å²) in [6, 6.07) is 3.50. The molecule has 4 nitrogen and oxygen atoms in total. The van der Waals surface area contributed by atoms with Gasteiger partial charge in [-0.15, -0.1) is 4.91 Å². The number of nitroso groups, excluding NO2 is 1. The third-order valence-corrected chi connectivity index (χ3v) is 6.63. The van der Waals surface area contributed by atoms with E-state index < -0.39 is 0 Å². The number of hydrogen-bond acceptors (Lipinski definition) is 4. The van der Waals surface area contributed by atoms with E-state index in [1.54, 1.807) is 12.1 Å². The van der Waals surface area contributed by atoms with Crippen molar-refractivity contribution in [2.24, 2.45) is 22.4 Å². The highest BCUT2D eigenvalue weighted by Gasteiger charge is 2.54. The van der Waals surface area contributed by atoms with E-state index in [-0.39, 0.29) is 16.9 Å². The van der Waals surface area contributed by atoms with Gasteiger partial charge in [0, 0.05) is 11.8 Å². The van der Waals surface area contributed by atoms with Crippen LogP contribution < -0.4 is 0 Å². The molecule has 2 fully saturated rings. The second-order valence-electron chi connectivity index (χ2n) is 7.46. The van der Waals surface area contributed by atoms with Gasteiger partial charge in [-0.1, -0.05) is 6.92 Å². The summed E-state index contributed by atoms with van der Waals surface area (Å²) >= 11 is 0. The summed E-state index contributed by atoms with van der Waals surface area (Å²) in [4.78, 5) is 23.1. The predicted molar refractivity (Wildman–Crippen MR) is 83.2 cm³/mol. The number of aromatic hydroxyl groups is 1. The number of fused-ring (bicyclic) bond motifs is 5. The molecule has 0 bridgehead atoms. The lowest BCUT2D eigenvalue weighted by molar-refractivity contribution is -0.129. The Bertz CT molecular complexity index is 669.